The van der Waals surface area contributed by atoms with E-state index in [1.165, 1.54) is 20.0 Å². The molecule has 0 saturated carbocycles. The SMILES string of the molecule is CC(=O)CCOP(=O)(O)O.CN.O=c1ccc2ccccc2o1. The van der Waals surface area contributed by atoms with E-state index in [-0.39, 0.29) is 24.4 Å². The second-order valence-electron chi connectivity index (χ2n) is 4.07. The van der Waals surface area contributed by atoms with E-state index >= 15 is 0 Å². The van der Waals surface area contributed by atoms with Crippen LogP contribution in [0.3, 0.4) is 0 Å². The molecule has 0 spiro atoms. The first-order valence-electron chi connectivity index (χ1n) is 6.54. The fourth-order valence-electron chi connectivity index (χ4n) is 1.32. The van der Waals surface area contributed by atoms with Crippen LogP contribution in [0.1, 0.15) is 13.3 Å². The Morgan fingerprint density at radius 3 is 2.39 bits per heavy atom. The summed E-state index contributed by atoms with van der Waals surface area (Å²) in [6.45, 7) is 1.10. The van der Waals surface area contributed by atoms with Crippen molar-refractivity contribution < 1.29 is 28.1 Å². The lowest BCUT2D eigenvalue weighted by atomic mass is 10.2. The van der Waals surface area contributed by atoms with E-state index in [1.54, 1.807) is 12.1 Å². The number of Topliss-reactive ketones (excluding diaryl/α,β-unsaturated/α-hetero) is 1. The van der Waals surface area contributed by atoms with Gasteiger partial charge >= 0.3 is 13.4 Å². The number of benzene rings is 1. The second kappa shape index (κ2) is 10.8. The van der Waals surface area contributed by atoms with Gasteiger partial charge in [-0.1, -0.05) is 18.2 Å². The van der Waals surface area contributed by atoms with Crippen molar-refractivity contribution in [3.63, 3.8) is 0 Å². The van der Waals surface area contributed by atoms with Gasteiger partial charge in [0, 0.05) is 17.9 Å². The highest BCUT2D eigenvalue weighted by Crippen LogP contribution is 2.35. The van der Waals surface area contributed by atoms with Crippen molar-refractivity contribution >= 4 is 24.6 Å². The van der Waals surface area contributed by atoms with E-state index in [4.69, 9.17) is 14.2 Å². The van der Waals surface area contributed by atoms with E-state index in [9.17, 15) is 14.2 Å². The summed E-state index contributed by atoms with van der Waals surface area (Å²) in [4.78, 5) is 37.1. The summed E-state index contributed by atoms with van der Waals surface area (Å²) in [6.07, 6.45) is 0.0328. The maximum Gasteiger partial charge on any atom is 0.469 e. The average Bonchev–Trinajstić information content (AvgIpc) is 2.48. The highest BCUT2D eigenvalue weighted by atomic mass is 31.2. The number of hydrogen-bond acceptors (Lipinski definition) is 6. The lowest BCUT2D eigenvalue weighted by Crippen LogP contribution is -1.98. The smallest absolute Gasteiger partial charge is 0.423 e. The predicted octanol–water partition coefficient (Wildman–Crippen LogP) is 1.44. The zero-order valence-electron chi connectivity index (χ0n) is 12.8. The number of fused-ring (bicyclic) bond motifs is 1. The standard InChI is InChI=1S/C9H6O2.C4H9O5P.CH5N/c10-9-6-5-7-3-1-2-4-8(7)11-9;1-4(5)2-3-9-10(6,7)8;1-2/h1-6H;2-3H2,1H3,(H2,6,7,8);2H2,1H3. The van der Waals surface area contributed by atoms with E-state index in [0.717, 1.165) is 5.39 Å². The van der Waals surface area contributed by atoms with Crippen molar-refractivity contribution in [2.24, 2.45) is 5.73 Å². The van der Waals surface area contributed by atoms with Crippen LogP contribution >= 0.6 is 7.82 Å². The third-order valence-electron chi connectivity index (χ3n) is 2.24. The Hall–Kier alpha value is -1.83. The molecular formula is C14H20NO7P. The number of hydrogen-bond donors (Lipinski definition) is 3. The molecule has 0 atom stereocenters. The van der Waals surface area contributed by atoms with Crippen LogP contribution in [-0.4, -0.2) is 29.2 Å². The van der Waals surface area contributed by atoms with Crippen LogP contribution in [-0.2, 0) is 13.9 Å². The third-order valence-corrected chi connectivity index (χ3v) is 2.76. The Morgan fingerprint density at radius 1 is 1.22 bits per heavy atom. The lowest BCUT2D eigenvalue weighted by molar-refractivity contribution is -0.117. The minimum absolute atomic E-state index is 0.0328. The molecule has 23 heavy (non-hydrogen) atoms. The van der Waals surface area contributed by atoms with E-state index in [2.05, 4.69) is 10.3 Å². The molecule has 1 aromatic carbocycles. The first-order valence-corrected chi connectivity index (χ1v) is 8.07. The molecule has 2 aromatic rings. The van der Waals surface area contributed by atoms with Gasteiger partial charge < -0.3 is 19.9 Å². The van der Waals surface area contributed by atoms with Gasteiger partial charge in [-0.15, -0.1) is 0 Å². The normalized spacial score (nSPS) is 10.1. The van der Waals surface area contributed by atoms with E-state index in [0.29, 0.717) is 5.58 Å². The molecule has 0 amide bonds. The van der Waals surface area contributed by atoms with Crippen LogP contribution < -0.4 is 11.4 Å². The number of rotatable bonds is 4. The Labute approximate surface area is 133 Å². The molecule has 2 rings (SSSR count). The molecule has 0 bridgehead atoms. The number of ketones is 1. The molecule has 1 heterocycles. The van der Waals surface area contributed by atoms with Gasteiger partial charge in [0.05, 0.1) is 6.61 Å². The number of phosphoric ester groups is 1. The summed E-state index contributed by atoms with van der Waals surface area (Å²) in [5.41, 5.74) is 4.84. The summed E-state index contributed by atoms with van der Waals surface area (Å²) in [6, 6.07) is 10.6. The van der Waals surface area contributed by atoms with Crippen molar-refractivity contribution in [3.05, 3.63) is 46.8 Å². The maximum absolute atomic E-state index is 10.7. The molecule has 128 valence electrons. The molecule has 0 fully saturated rings. The number of phosphoric acid groups is 1. The fraction of sp³-hybridized carbons (Fsp3) is 0.286. The van der Waals surface area contributed by atoms with Gasteiger partial charge in [-0.25, -0.2) is 9.36 Å². The van der Waals surface area contributed by atoms with Crippen molar-refractivity contribution in [1.29, 1.82) is 0 Å². The van der Waals surface area contributed by atoms with Crippen LogP contribution in [0.5, 0.6) is 0 Å². The quantitative estimate of drug-likeness (QED) is 0.558. The van der Waals surface area contributed by atoms with Gasteiger partial charge in [-0.2, -0.15) is 0 Å². The number of carbonyl (C=O) groups is 1. The van der Waals surface area contributed by atoms with Crippen molar-refractivity contribution in [1.82, 2.24) is 0 Å². The average molecular weight is 345 g/mol. The monoisotopic (exact) mass is 345 g/mol. The second-order valence-corrected chi connectivity index (χ2v) is 5.31. The zero-order valence-corrected chi connectivity index (χ0v) is 13.7. The Kier molecular flexibility index (Phi) is 9.96. The molecule has 9 heteroatoms. The summed E-state index contributed by atoms with van der Waals surface area (Å²) >= 11 is 0. The van der Waals surface area contributed by atoms with Crippen molar-refractivity contribution in [3.8, 4) is 0 Å². The van der Waals surface area contributed by atoms with Gasteiger partial charge in [-0.05, 0) is 26.1 Å². The van der Waals surface area contributed by atoms with Crippen LogP contribution in [0.2, 0.25) is 0 Å². The van der Waals surface area contributed by atoms with Gasteiger partial charge in [0.1, 0.15) is 11.4 Å². The van der Waals surface area contributed by atoms with Gasteiger partial charge in [0.2, 0.25) is 0 Å². The van der Waals surface area contributed by atoms with E-state index in [1.807, 2.05) is 18.2 Å². The Bertz CT molecular complexity index is 707. The van der Waals surface area contributed by atoms with Crippen LogP contribution in [0.15, 0.2) is 45.6 Å². The first kappa shape index (κ1) is 21.2. The van der Waals surface area contributed by atoms with Crippen LogP contribution in [0.25, 0.3) is 11.0 Å². The summed E-state index contributed by atoms with van der Waals surface area (Å²) in [5, 5.41) is 0.951. The topological polar surface area (TPSA) is 140 Å². The predicted molar refractivity (Wildman–Crippen MR) is 85.9 cm³/mol. The molecule has 4 N–H and O–H groups in total. The largest absolute Gasteiger partial charge is 0.469 e. The van der Waals surface area contributed by atoms with E-state index < -0.39 is 7.82 Å². The fourth-order valence-corrected chi connectivity index (χ4v) is 1.65. The van der Waals surface area contributed by atoms with Gasteiger partial charge in [0.25, 0.3) is 0 Å². The molecule has 0 saturated heterocycles. The summed E-state index contributed by atoms with van der Waals surface area (Å²) in [7, 11) is -2.87. The number of carbonyl (C=O) groups excluding carboxylic acids is 1. The van der Waals surface area contributed by atoms with Crippen LogP contribution in [0, 0.1) is 0 Å². The molecule has 1 aromatic heterocycles. The van der Waals surface area contributed by atoms with Gasteiger partial charge in [-0.3, -0.25) is 9.32 Å². The summed E-state index contributed by atoms with van der Waals surface area (Å²) < 4.78 is 18.9. The van der Waals surface area contributed by atoms with Crippen LogP contribution in [0.4, 0.5) is 0 Å². The highest BCUT2D eigenvalue weighted by Gasteiger charge is 2.12. The molecule has 0 aliphatic carbocycles. The first-order chi connectivity index (χ1) is 10.8. The highest BCUT2D eigenvalue weighted by molar-refractivity contribution is 7.46. The maximum atomic E-state index is 10.7. The van der Waals surface area contributed by atoms with Crippen molar-refractivity contribution in [2.75, 3.05) is 13.7 Å². The molecule has 0 radical (unpaired) electrons. The molecule has 0 aliphatic rings. The Morgan fingerprint density at radius 2 is 1.83 bits per heavy atom. The zero-order chi connectivity index (χ0) is 17.9. The third kappa shape index (κ3) is 10.5. The summed E-state index contributed by atoms with van der Waals surface area (Å²) in [5.74, 6) is -0.159. The molecule has 8 nitrogen and oxygen atoms in total. The van der Waals surface area contributed by atoms with Gasteiger partial charge in [0.15, 0.2) is 0 Å². The minimum Gasteiger partial charge on any atom is -0.423 e. The number of para-hydroxylation sites is 1. The minimum atomic E-state index is -4.37. The number of nitrogens with two attached hydrogens (primary N) is 1. The lowest BCUT2D eigenvalue weighted by Gasteiger charge is -2.01. The molecule has 0 aliphatic heterocycles. The molecular weight excluding hydrogens is 325 g/mol. The Balaban J connectivity index is 0.000000383. The van der Waals surface area contributed by atoms with Crippen molar-refractivity contribution in [2.45, 2.75) is 13.3 Å². The molecule has 0 unspecified atom stereocenters.